The van der Waals surface area contributed by atoms with E-state index in [1.54, 1.807) is 7.11 Å². The molecule has 12 heavy (non-hydrogen) atoms. The molecule has 0 fully saturated rings. The molecule has 2 unspecified atom stereocenters. The highest BCUT2D eigenvalue weighted by Crippen LogP contribution is 2.07. The largest absolute Gasteiger partial charge is 0.380 e. The number of unbranched alkanes of at least 4 members (excludes halogenated alkanes) is 2. The van der Waals surface area contributed by atoms with Gasteiger partial charge >= 0.3 is 0 Å². The van der Waals surface area contributed by atoms with Gasteiger partial charge in [0.1, 0.15) is 0 Å². The van der Waals surface area contributed by atoms with Crippen LogP contribution in [0.1, 0.15) is 39.5 Å². The first kappa shape index (κ1) is 11.9. The fourth-order valence-electron chi connectivity index (χ4n) is 1.23. The molecule has 0 heterocycles. The Morgan fingerprint density at radius 2 is 2.08 bits per heavy atom. The van der Waals surface area contributed by atoms with Gasteiger partial charge in [0.25, 0.3) is 0 Å². The summed E-state index contributed by atoms with van der Waals surface area (Å²) in [6, 6.07) is 0.293. The van der Waals surface area contributed by atoms with Crippen LogP contribution in [0.3, 0.4) is 0 Å². The highest BCUT2D eigenvalue weighted by atomic mass is 16.5. The maximum absolute atomic E-state index is 5.40. The molecule has 0 aliphatic heterocycles. The van der Waals surface area contributed by atoms with Gasteiger partial charge in [-0.3, -0.25) is 11.3 Å². The van der Waals surface area contributed by atoms with Crippen molar-refractivity contribution in [3.63, 3.8) is 0 Å². The van der Waals surface area contributed by atoms with E-state index in [1.165, 1.54) is 19.3 Å². The third-order valence-corrected chi connectivity index (χ3v) is 2.27. The number of nitrogens with one attached hydrogen (secondary N) is 1. The quantitative estimate of drug-likeness (QED) is 0.349. The molecule has 0 spiro atoms. The van der Waals surface area contributed by atoms with Crippen LogP contribution in [-0.2, 0) is 4.74 Å². The zero-order chi connectivity index (χ0) is 9.40. The normalized spacial score (nSPS) is 16.0. The Morgan fingerprint density at radius 1 is 1.42 bits per heavy atom. The Balaban J connectivity index is 3.52. The molecule has 0 aromatic heterocycles. The van der Waals surface area contributed by atoms with Crippen LogP contribution in [-0.4, -0.2) is 19.3 Å². The first-order chi connectivity index (χ1) is 5.76. The molecule has 0 aromatic carbocycles. The lowest BCUT2D eigenvalue weighted by atomic mass is 10.1. The third-order valence-electron chi connectivity index (χ3n) is 2.27. The van der Waals surface area contributed by atoms with Gasteiger partial charge in [-0.1, -0.05) is 26.2 Å². The van der Waals surface area contributed by atoms with Crippen LogP contribution in [0.15, 0.2) is 0 Å². The van der Waals surface area contributed by atoms with Crippen molar-refractivity contribution in [2.45, 2.75) is 51.7 Å². The second-order valence-electron chi connectivity index (χ2n) is 3.21. The molecular formula is C9H22N2O. The zero-order valence-electron chi connectivity index (χ0n) is 8.47. The second kappa shape index (κ2) is 7.53. The van der Waals surface area contributed by atoms with E-state index >= 15 is 0 Å². The topological polar surface area (TPSA) is 47.3 Å². The summed E-state index contributed by atoms with van der Waals surface area (Å²) in [7, 11) is 1.72. The van der Waals surface area contributed by atoms with Gasteiger partial charge in [-0.25, -0.2) is 0 Å². The molecule has 74 valence electrons. The Kier molecular flexibility index (Phi) is 7.45. The van der Waals surface area contributed by atoms with Gasteiger partial charge in [0.15, 0.2) is 0 Å². The van der Waals surface area contributed by atoms with Crippen LogP contribution in [0.5, 0.6) is 0 Å². The van der Waals surface area contributed by atoms with Crippen LogP contribution >= 0.6 is 0 Å². The first-order valence-electron chi connectivity index (χ1n) is 4.75. The molecule has 0 radical (unpaired) electrons. The minimum absolute atomic E-state index is 0.201. The predicted molar refractivity (Wildman–Crippen MR) is 51.7 cm³/mol. The summed E-state index contributed by atoms with van der Waals surface area (Å²) >= 11 is 0. The fraction of sp³-hybridized carbons (Fsp3) is 1.00. The summed E-state index contributed by atoms with van der Waals surface area (Å²) in [5.74, 6) is 5.40. The molecule has 0 aromatic rings. The van der Waals surface area contributed by atoms with Crippen LogP contribution in [0, 0.1) is 0 Å². The SMILES string of the molecule is CCCCCC(NN)C(C)OC. The van der Waals surface area contributed by atoms with Crippen LogP contribution in [0.4, 0.5) is 0 Å². The van der Waals surface area contributed by atoms with E-state index < -0.39 is 0 Å². The zero-order valence-corrected chi connectivity index (χ0v) is 8.47. The summed E-state index contributed by atoms with van der Waals surface area (Å²) in [5.41, 5.74) is 2.79. The number of hydrazine groups is 1. The summed E-state index contributed by atoms with van der Waals surface area (Å²) < 4.78 is 5.19. The molecule has 0 bridgehead atoms. The molecule has 0 saturated heterocycles. The molecule has 0 amide bonds. The van der Waals surface area contributed by atoms with Gasteiger partial charge in [-0.05, 0) is 13.3 Å². The Hall–Kier alpha value is -0.120. The van der Waals surface area contributed by atoms with E-state index in [0.717, 1.165) is 6.42 Å². The lowest BCUT2D eigenvalue weighted by molar-refractivity contribution is 0.0792. The lowest BCUT2D eigenvalue weighted by Gasteiger charge is -2.21. The van der Waals surface area contributed by atoms with E-state index in [0.29, 0.717) is 6.04 Å². The molecule has 3 N–H and O–H groups in total. The summed E-state index contributed by atoms with van der Waals surface area (Å²) in [4.78, 5) is 0. The van der Waals surface area contributed by atoms with Crippen molar-refractivity contribution in [2.75, 3.05) is 7.11 Å². The Morgan fingerprint density at radius 3 is 2.50 bits per heavy atom. The highest BCUT2D eigenvalue weighted by Gasteiger charge is 2.13. The van der Waals surface area contributed by atoms with Gasteiger partial charge in [0, 0.05) is 13.2 Å². The molecule has 2 atom stereocenters. The summed E-state index contributed by atoms with van der Waals surface area (Å²) in [6.07, 6.45) is 5.04. The van der Waals surface area contributed by atoms with Gasteiger partial charge in [-0.2, -0.15) is 0 Å². The van der Waals surface area contributed by atoms with E-state index in [9.17, 15) is 0 Å². The first-order valence-corrected chi connectivity index (χ1v) is 4.75. The molecule has 0 aliphatic carbocycles. The minimum atomic E-state index is 0.201. The number of rotatable bonds is 7. The minimum Gasteiger partial charge on any atom is -0.380 e. The number of hydrogen-bond donors (Lipinski definition) is 2. The molecule has 3 nitrogen and oxygen atoms in total. The molecule has 0 saturated carbocycles. The molecule has 0 aliphatic rings. The van der Waals surface area contributed by atoms with Crippen LogP contribution < -0.4 is 11.3 Å². The van der Waals surface area contributed by atoms with Gasteiger partial charge in [-0.15, -0.1) is 0 Å². The molecular weight excluding hydrogens is 152 g/mol. The maximum atomic E-state index is 5.40. The summed E-state index contributed by atoms with van der Waals surface area (Å²) in [5, 5.41) is 0. The number of nitrogens with two attached hydrogens (primary N) is 1. The maximum Gasteiger partial charge on any atom is 0.0709 e. The average molecular weight is 174 g/mol. The second-order valence-corrected chi connectivity index (χ2v) is 3.21. The van der Waals surface area contributed by atoms with Crippen molar-refractivity contribution in [3.8, 4) is 0 Å². The fourth-order valence-corrected chi connectivity index (χ4v) is 1.23. The van der Waals surface area contributed by atoms with Crippen molar-refractivity contribution >= 4 is 0 Å². The van der Waals surface area contributed by atoms with E-state index in [2.05, 4.69) is 12.3 Å². The van der Waals surface area contributed by atoms with Crippen LogP contribution in [0.2, 0.25) is 0 Å². The van der Waals surface area contributed by atoms with Crippen molar-refractivity contribution in [3.05, 3.63) is 0 Å². The van der Waals surface area contributed by atoms with Gasteiger partial charge < -0.3 is 4.74 Å². The number of methoxy groups -OCH3 is 1. The molecule has 0 rings (SSSR count). The Bertz CT molecular complexity index is 98.5. The smallest absolute Gasteiger partial charge is 0.0709 e. The standard InChI is InChI=1S/C9H22N2O/c1-4-5-6-7-9(11-10)8(2)12-3/h8-9,11H,4-7,10H2,1-3H3. The number of ether oxygens (including phenoxy) is 1. The van der Waals surface area contributed by atoms with Crippen molar-refractivity contribution < 1.29 is 4.74 Å². The van der Waals surface area contributed by atoms with Gasteiger partial charge in [0.2, 0.25) is 0 Å². The lowest BCUT2D eigenvalue weighted by Crippen LogP contribution is -2.43. The van der Waals surface area contributed by atoms with Crippen molar-refractivity contribution in [1.29, 1.82) is 0 Å². The summed E-state index contributed by atoms with van der Waals surface area (Å²) in [6.45, 7) is 4.24. The van der Waals surface area contributed by atoms with Crippen molar-refractivity contribution in [2.24, 2.45) is 5.84 Å². The third kappa shape index (κ3) is 4.70. The van der Waals surface area contributed by atoms with Crippen molar-refractivity contribution in [1.82, 2.24) is 5.43 Å². The monoisotopic (exact) mass is 174 g/mol. The van der Waals surface area contributed by atoms with Crippen LogP contribution in [0.25, 0.3) is 0 Å². The van der Waals surface area contributed by atoms with E-state index in [-0.39, 0.29) is 6.10 Å². The number of hydrogen-bond acceptors (Lipinski definition) is 3. The average Bonchev–Trinajstić information content (AvgIpc) is 2.11. The molecule has 3 heteroatoms. The van der Waals surface area contributed by atoms with E-state index in [1.807, 2.05) is 6.92 Å². The highest BCUT2D eigenvalue weighted by molar-refractivity contribution is 4.70. The Labute approximate surface area is 75.6 Å². The van der Waals surface area contributed by atoms with Gasteiger partial charge in [0.05, 0.1) is 6.10 Å². The van der Waals surface area contributed by atoms with E-state index in [4.69, 9.17) is 10.6 Å². The predicted octanol–water partition coefficient (Wildman–Crippen LogP) is 1.43.